The molecule has 7 aromatic rings. The Hall–Kier alpha value is -6.40. The largest absolute Gasteiger partial charge is 1.00 e. The first-order valence-electron chi connectivity index (χ1n) is 28.3. The van der Waals surface area contributed by atoms with E-state index in [9.17, 15) is 105 Å². The molecule has 0 heterocycles. The van der Waals surface area contributed by atoms with Crippen LogP contribution in [0.5, 0.6) is 11.5 Å². The van der Waals surface area contributed by atoms with Crippen LogP contribution in [-0.2, 0) is 67.5 Å². The highest BCUT2D eigenvalue weighted by Gasteiger charge is 2.61. The zero-order valence-electron chi connectivity index (χ0n) is 54.1. The highest BCUT2D eigenvalue weighted by molar-refractivity contribution is 7.97. The van der Waals surface area contributed by atoms with E-state index >= 15 is 0 Å². The first-order chi connectivity index (χ1) is 46.4. The van der Waals surface area contributed by atoms with Crippen molar-refractivity contribution in [1.29, 1.82) is 0 Å². The fourth-order valence-corrected chi connectivity index (χ4v) is 12.4. The van der Waals surface area contributed by atoms with Gasteiger partial charge in [0.1, 0.15) is 56.5 Å². The van der Waals surface area contributed by atoms with E-state index in [1.54, 1.807) is 72.8 Å². The fourth-order valence-electron chi connectivity index (χ4n) is 7.43. The highest BCUT2D eigenvalue weighted by Crippen LogP contribution is 2.40. The minimum atomic E-state index is -6.54. The Morgan fingerprint density at radius 3 is 0.882 bits per heavy atom. The molecule has 2 N–H and O–H groups in total. The standard InChI is InChI=1S/2C24H23F4O3S.C10H16N.2C3H3F5O4S.BrH/c2*1-23(24(26,27)28,31-17-29-2)16-30-19-10-14-22(15-11-19)32(20-6-4-3-5-7-20)21-12-8-18(25)9-13-21;1-11(2,3)9-10-7-5-4-6-8-10;2*4-2(5,6)1(9)3(7,8)13(10,11)12;/h2*3-15H,16-17H2,1-2H3;4-8H,9H2,1-3H3;2*1,9H,(H,10,11,12);1H/q3*+1;;;/p-3. The third kappa shape index (κ3) is 28.2. The monoisotopic (exact) mass is 1620 g/mol. The molecular weight excluding hydrogens is 1560 g/mol. The van der Waals surface area contributed by atoms with Crippen LogP contribution in [0.3, 0.4) is 0 Å². The first-order valence-corrected chi connectivity index (χ1v) is 33.6. The molecule has 0 aromatic heterocycles. The van der Waals surface area contributed by atoms with Crippen LogP contribution in [0.1, 0.15) is 19.4 Å². The lowest BCUT2D eigenvalue weighted by Crippen LogP contribution is -3.00. The smallest absolute Gasteiger partial charge is 0.421 e. The van der Waals surface area contributed by atoms with Gasteiger partial charge in [-0.15, -0.1) is 0 Å². The number of ether oxygens (including phenoxy) is 6. The third-order valence-electron chi connectivity index (χ3n) is 12.8. The number of benzene rings is 7. The molecule has 0 radical (unpaired) electrons. The molecule has 7 aromatic carbocycles. The average molecular weight is 1620 g/mol. The molecule has 0 saturated heterocycles. The van der Waals surface area contributed by atoms with Gasteiger partial charge < -0.3 is 69.2 Å². The van der Waals surface area contributed by atoms with Gasteiger partial charge >= 0.3 is 35.2 Å². The summed E-state index contributed by atoms with van der Waals surface area (Å²) in [6, 6.07) is 56.3. The number of rotatable bonds is 24. The zero-order valence-corrected chi connectivity index (χ0v) is 59.0. The lowest BCUT2D eigenvalue weighted by molar-refractivity contribution is -0.884. The Bertz CT molecular complexity index is 3600. The maximum atomic E-state index is 13.4. The Morgan fingerprint density at radius 2 is 0.667 bits per heavy atom. The van der Waals surface area contributed by atoms with E-state index in [1.807, 2.05) is 60.7 Å². The van der Waals surface area contributed by atoms with Crippen LogP contribution in [0.2, 0.25) is 0 Å². The third-order valence-corrected chi connectivity index (χ3v) is 19.1. The van der Waals surface area contributed by atoms with Crippen molar-refractivity contribution in [3.05, 3.63) is 205 Å². The van der Waals surface area contributed by atoms with E-state index < -0.39 is 127 Å². The molecule has 6 atom stereocenters. The lowest BCUT2D eigenvalue weighted by Gasteiger charge is -2.31. The SMILES string of the molecule is COCOC(C)(COc1ccc([S+](c2ccccc2)c2ccc(F)cc2)cc1)C(F)(F)F.COCOC(C)(COc1ccc([S+](c2ccccc2)c2ccc(F)cc2)cc1)C(F)(F)F.C[N+](C)(C)Cc1ccccc1.O=S(=O)([O-])C(F)(F)C(O)C(F)(F)F.O=S(=O)([O-])C(F)(F)C(O)C(F)(F)F.[Br-]. The summed E-state index contributed by atoms with van der Waals surface area (Å²) in [7, 11) is -5.00. The van der Waals surface area contributed by atoms with E-state index in [0.717, 1.165) is 54.2 Å². The molecule has 0 aliphatic rings. The molecule has 0 amide bonds. The number of methoxy groups -OCH3 is 2. The highest BCUT2D eigenvalue weighted by atomic mass is 79.9. The Morgan fingerprint density at radius 1 is 0.422 bits per heavy atom. The lowest BCUT2D eigenvalue weighted by atomic mass is 10.1. The molecule has 0 spiro atoms. The molecule has 7 rings (SSSR count). The van der Waals surface area contributed by atoms with Crippen LogP contribution in [0.15, 0.2) is 217 Å². The van der Waals surface area contributed by atoms with E-state index in [4.69, 9.17) is 29.2 Å². The van der Waals surface area contributed by atoms with Crippen LogP contribution in [-0.4, -0.2) is 161 Å². The minimum absolute atomic E-state index is 0. The van der Waals surface area contributed by atoms with Crippen LogP contribution >= 0.6 is 0 Å². The molecule has 6 unspecified atom stereocenters. The second-order valence-electron chi connectivity index (χ2n) is 22.1. The van der Waals surface area contributed by atoms with Gasteiger partial charge in [0.25, 0.3) is 0 Å². The molecule has 15 nitrogen and oxygen atoms in total. The van der Waals surface area contributed by atoms with E-state index in [2.05, 4.69) is 60.9 Å². The summed E-state index contributed by atoms with van der Waals surface area (Å²) in [5.74, 6) is -0.0862. The van der Waals surface area contributed by atoms with Crippen molar-refractivity contribution in [2.75, 3.05) is 62.2 Å². The number of nitrogens with zero attached hydrogens (tertiary/aromatic N) is 1. The molecule has 0 aliphatic carbocycles. The van der Waals surface area contributed by atoms with Crippen molar-refractivity contribution in [1.82, 2.24) is 0 Å². The summed E-state index contributed by atoms with van der Waals surface area (Å²) in [6.07, 6.45) is -30.0. The molecule has 568 valence electrons. The molecular formula is C64H66BrF18NO14S4. The van der Waals surface area contributed by atoms with Crippen molar-refractivity contribution in [3.63, 3.8) is 0 Å². The number of quaternary nitrogens is 1. The number of aliphatic hydroxyl groups is 2. The Balaban J connectivity index is 0.000000468. The van der Waals surface area contributed by atoms with Gasteiger partial charge in [-0.3, -0.25) is 0 Å². The predicted molar refractivity (Wildman–Crippen MR) is 330 cm³/mol. The summed E-state index contributed by atoms with van der Waals surface area (Å²) in [4.78, 5) is 5.75. The van der Waals surface area contributed by atoms with Crippen molar-refractivity contribution < 1.29 is 165 Å². The molecule has 0 fully saturated rings. The van der Waals surface area contributed by atoms with E-state index in [0.29, 0.717) is 0 Å². The molecule has 0 bridgehead atoms. The van der Waals surface area contributed by atoms with Gasteiger partial charge in [0.05, 0.1) is 42.9 Å². The van der Waals surface area contributed by atoms with Gasteiger partial charge in [-0.2, -0.15) is 70.2 Å². The van der Waals surface area contributed by atoms with Gasteiger partial charge in [0.2, 0.25) is 12.2 Å². The second-order valence-corrected chi connectivity index (χ2v) is 29.0. The van der Waals surface area contributed by atoms with Crippen molar-refractivity contribution >= 4 is 42.0 Å². The maximum absolute atomic E-state index is 13.4. The number of hydrogen-bond donors (Lipinski definition) is 2. The summed E-state index contributed by atoms with van der Waals surface area (Å²) >= 11 is 0. The number of alkyl halides is 16. The van der Waals surface area contributed by atoms with Gasteiger partial charge in [0.15, 0.2) is 60.8 Å². The van der Waals surface area contributed by atoms with Crippen molar-refractivity contribution in [2.24, 2.45) is 0 Å². The fraction of sp³-hybridized carbons (Fsp3) is 0.344. The Kier molecular flexibility index (Phi) is 34.7. The second kappa shape index (κ2) is 38.6. The van der Waals surface area contributed by atoms with Crippen molar-refractivity contribution in [2.45, 2.75) is 108 Å². The van der Waals surface area contributed by atoms with E-state index in [1.165, 1.54) is 44.0 Å². The topological polar surface area (TPSA) is 210 Å². The number of aliphatic hydroxyl groups excluding tert-OH is 2. The quantitative estimate of drug-likeness (QED) is 0.0190. The van der Waals surface area contributed by atoms with Crippen LogP contribution in [0, 0.1) is 11.6 Å². The molecule has 38 heteroatoms. The van der Waals surface area contributed by atoms with Crippen LogP contribution < -0.4 is 26.5 Å². The van der Waals surface area contributed by atoms with Gasteiger partial charge in [-0.25, -0.2) is 25.6 Å². The molecule has 0 saturated carbocycles. The average Bonchev–Trinajstić information content (AvgIpc) is 0.801. The van der Waals surface area contributed by atoms with E-state index in [-0.39, 0.29) is 40.1 Å². The molecule has 0 aliphatic heterocycles. The normalized spacial score (nSPS) is 14.8. The first kappa shape index (κ1) is 91.7. The van der Waals surface area contributed by atoms with Crippen LogP contribution in [0.25, 0.3) is 0 Å². The van der Waals surface area contributed by atoms with Crippen molar-refractivity contribution in [3.8, 4) is 11.5 Å². The Labute approximate surface area is 591 Å². The molecule has 102 heavy (non-hydrogen) atoms. The number of halogens is 19. The van der Waals surface area contributed by atoms with Gasteiger partial charge in [-0.1, -0.05) is 66.7 Å². The maximum Gasteiger partial charge on any atom is 0.421 e. The summed E-state index contributed by atoms with van der Waals surface area (Å²) in [5.41, 5.74) is -3.62. The van der Waals surface area contributed by atoms with Crippen LogP contribution in [0.4, 0.5) is 79.0 Å². The summed E-state index contributed by atoms with van der Waals surface area (Å²) in [6.45, 7) is 0.485. The summed E-state index contributed by atoms with van der Waals surface area (Å²) < 4.78 is 311. The minimum Gasteiger partial charge on any atom is -1.00 e. The summed E-state index contributed by atoms with van der Waals surface area (Å²) in [5, 5.41) is 4.04. The number of hydrogen-bond acceptors (Lipinski definition) is 14. The van der Waals surface area contributed by atoms with Gasteiger partial charge in [0, 0.05) is 19.8 Å². The van der Waals surface area contributed by atoms with Gasteiger partial charge in [-0.05, 0) is 135 Å². The zero-order chi connectivity index (χ0) is 76.9. The predicted octanol–water partition coefficient (Wildman–Crippen LogP) is 11.5.